The highest BCUT2D eigenvalue weighted by molar-refractivity contribution is 5.92. The predicted molar refractivity (Wildman–Crippen MR) is 130 cm³/mol. The van der Waals surface area contributed by atoms with Crippen LogP contribution < -0.4 is 15.8 Å². The van der Waals surface area contributed by atoms with Crippen LogP contribution in [-0.2, 0) is 11.3 Å². The van der Waals surface area contributed by atoms with Crippen LogP contribution >= 0.6 is 0 Å². The van der Waals surface area contributed by atoms with Gasteiger partial charge in [0.1, 0.15) is 16.9 Å². The van der Waals surface area contributed by atoms with Crippen LogP contribution in [0, 0.1) is 25.5 Å². The molecule has 0 spiro atoms. The molecule has 5 rings (SSSR count). The highest BCUT2D eigenvalue weighted by Gasteiger charge is 2.24. The maximum Gasteiger partial charge on any atom is 0.270 e. The van der Waals surface area contributed by atoms with Crippen molar-refractivity contribution in [2.45, 2.75) is 32.9 Å². The van der Waals surface area contributed by atoms with E-state index in [9.17, 15) is 18.4 Å². The number of nitrogens with zero attached hydrogens (tertiary/aromatic N) is 4. The van der Waals surface area contributed by atoms with Crippen LogP contribution in [0.3, 0.4) is 0 Å². The summed E-state index contributed by atoms with van der Waals surface area (Å²) in [4.78, 5) is 39.6. The van der Waals surface area contributed by atoms with E-state index in [0.717, 1.165) is 17.8 Å². The molecule has 0 saturated carbocycles. The molecule has 1 atom stereocenters. The number of carbonyl (C=O) groups is 1. The number of nitrogens with one attached hydrogen (secondary N) is 2. The molecule has 2 N–H and O–H groups in total. The molecule has 2 aromatic heterocycles. The summed E-state index contributed by atoms with van der Waals surface area (Å²) in [5.41, 5.74) is 1.93. The van der Waals surface area contributed by atoms with Gasteiger partial charge in [0, 0.05) is 44.9 Å². The van der Waals surface area contributed by atoms with Gasteiger partial charge in [0.05, 0.1) is 29.5 Å². The molecule has 3 aromatic rings. The van der Waals surface area contributed by atoms with Crippen molar-refractivity contribution < 1.29 is 18.3 Å². The van der Waals surface area contributed by atoms with Gasteiger partial charge >= 0.3 is 0 Å². The predicted octanol–water partition coefficient (Wildman–Crippen LogP) is 2.05. The molecule has 4 heterocycles. The van der Waals surface area contributed by atoms with Crippen molar-refractivity contribution in [1.29, 1.82) is 0 Å². The molecule has 1 aromatic carbocycles. The molecule has 0 unspecified atom stereocenters. The zero-order valence-electron chi connectivity index (χ0n) is 20.2. The lowest BCUT2D eigenvalue weighted by atomic mass is 10.1. The Hall–Kier alpha value is -3.44. The first kappa shape index (κ1) is 24.3. The van der Waals surface area contributed by atoms with E-state index in [2.05, 4.69) is 25.2 Å². The average molecular weight is 499 g/mol. The van der Waals surface area contributed by atoms with E-state index in [1.807, 2.05) is 17.9 Å². The van der Waals surface area contributed by atoms with Gasteiger partial charge in [-0.3, -0.25) is 14.5 Å². The van der Waals surface area contributed by atoms with Crippen molar-refractivity contribution in [3.63, 3.8) is 0 Å². The molecule has 2 aliphatic rings. The molecule has 11 heteroatoms. The Bertz CT molecular complexity index is 1360. The van der Waals surface area contributed by atoms with E-state index in [1.165, 1.54) is 13.0 Å². The maximum absolute atomic E-state index is 14.8. The van der Waals surface area contributed by atoms with Crippen LogP contribution in [0.5, 0.6) is 0 Å². The third-order valence-corrected chi connectivity index (χ3v) is 6.77. The number of fused-ring (bicyclic) bond motifs is 1. The third kappa shape index (κ3) is 4.80. The van der Waals surface area contributed by atoms with Gasteiger partial charge in [-0.25, -0.2) is 18.7 Å². The number of rotatable bonds is 5. The van der Waals surface area contributed by atoms with E-state index >= 15 is 0 Å². The second-order valence-corrected chi connectivity index (χ2v) is 9.31. The smallest absolute Gasteiger partial charge is 0.270 e. The summed E-state index contributed by atoms with van der Waals surface area (Å²) in [5.74, 6) is -2.20. The monoisotopic (exact) mass is 498 g/mol. The number of aromatic nitrogens is 3. The first-order chi connectivity index (χ1) is 17.3. The number of benzene rings is 1. The number of ether oxygens (including phenoxy) is 1. The largest absolute Gasteiger partial charge is 0.379 e. The Balaban J connectivity index is 1.24. The highest BCUT2D eigenvalue weighted by atomic mass is 19.2. The Morgan fingerprint density at radius 1 is 1.14 bits per heavy atom. The molecule has 0 radical (unpaired) electrons. The van der Waals surface area contributed by atoms with Gasteiger partial charge in [-0.15, -0.1) is 0 Å². The second kappa shape index (κ2) is 9.90. The number of hydrogen-bond donors (Lipinski definition) is 2. The maximum atomic E-state index is 14.8. The van der Waals surface area contributed by atoms with E-state index in [4.69, 9.17) is 4.74 Å². The van der Waals surface area contributed by atoms with Crippen molar-refractivity contribution in [1.82, 2.24) is 25.2 Å². The molecule has 0 aliphatic carbocycles. The summed E-state index contributed by atoms with van der Waals surface area (Å²) >= 11 is 0. The first-order valence-electron chi connectivity index (χ1n) is 12.0. The van der Waals surface area contributed by atoms with E-state index < -0.39 is 17.2 Å². The molecule has 9 nitrogen and oxygen atoms in total. The molecule has 2 saturated heterocycles. The van der Waals surface area contributed by atoms with Gasteiger partial charge in [-0.1, -0.05) is 0 Å². The Labute approximate surface area is 206 Å². The normalized spacial score (nSPS) is 18.7. The fourth-order valence-corrected chi connectivity index (χ4v) is 4.73. The van der Waals surface area contributed by atoms with Crippen LogP contribution in [0.25, 0.3) is 11.0 Å². The van der Waals surface area contributed by atoms with Crippen molar-refractivity contribution >= 4 is 22.6 Å². The molecule has 190 valence electrons. The van der Waals surface area contributed by atoms with Crippen molar-refractivity contribution in [2.75, 3.05) is 44.3 Å². The van der Waals surface area contributed by atoms with Crippen LogP contribution in [-0.4, -0.2) is 71.2 Å². The molecule has 2 fully saturated rings. The Morgan fingerprint density at radius 2 is 1.92 bits per heavy atom. The number of amides is 1. The van der Waals surface area contributed by atoms with Crippen LogP contribution in [0.2, 0.25) is 0 Å². The van der Waals surface area contributed by atoms with E-state index in [-0.39, 0.29) is 40.8 Å². The van der Waals surface area contributed by atoms with Crippen molar-refractivity contribution in [3.05, 3.63) is 62.8 Å². The summed E-state index contributed by atoms with van der Waals surface area (Å²) in [7, 11) is 0. The van der Waals surface area contributed by atoms with Crippen LogP contribution in [0.15, 0.2) is 23.0 Å². The van der Waals surface area contributed by atoms with Gasteiger partial charge in [-0.05, 0) is 38.5 Å². The number of aromatic amines is 1. The summed E-state index contributed by atoms with van der Waals surface area (Å²) in [5, 5.41) is 2.95. The van der Waals surface area contributed by atoms with E-state index in [1.54, 1.807) is 6.07 Å². The van der Waals surface area contributed by atoms with Gasteiger partial charge in [0.25, 0.3) is 11.5 Å². The van der Waals surface area contributed by atoms with Crippen molar-refractivity contribution in [2.24, 2.45) is 0 Å². The summed E-state index contributed by atoms with van der Waals surface area (Å²) in [6, 6.07) is 5.11. The molecular formula is C25H28F2N6O3. The highest BCUT2D eigenvalue weighted by Crippen LogP contribution is 2.24. The zero-order chi connectivity index (χ0) is 25.4. The number of H-pyrrole nitrogens is 1. The standard InChI is InChI=1S/C25H28F2N6O3/c1-14-20(4-3-18(28-14)25(35)30-17-5-10-36-13-17)33-8-6-32(7-9-33)12-16-11-19-23(22(27)21(16)26)29-15(2)24(34)31-19/h3-4,11,17H,5-10,12-13H2,1-2H3,(H,30,35)(H,31,34)/t17-/m1/s1. The van der Waals surface area contributed by atoms with Gasteiger partial charge < -0.3 is 19.9 Å². The zero-order valence-corrected chi connectivity index (χ0v) is 20.2. The third-order valence-electron chi connectivity index (χ3n) is 6.77. The second-order valence-electron chi connectivity index (χ2n) is 9.31. The quantitative estimate of drug-likeness (QED) is 0.555. The van der Waals surface area contributed by atoms with Crippen LogP contribution in [0.1, 0.15) is 33.9 Å². The number of carbonyl (C=O) groups excluding carboxylic acids is 1. The summed E-state index contributed by atoms with van der Waals surface area (Å²) in [6.07, 6.45) is 0.803. The van der Waals surface area contributed by atoms with Crippen LogP contribution in [0.4, 0.5) is 14.5 Å². The number of hydrogen-bond acceptors (Lipinski definition) is 7. The average Bonchev–Trinajstić information content (AvgIpc) is 3.37. The minimum atomic E-state index is -1.05. The number of pyridine rings is 1. The first-order valence-corrected chi connectivity index (χ1v) is 12.0. The number of halogens is 2. The summed E-state index contributed by atoms with van der Waals surface area (Å²) < 4.78 is 34.7. The van der Waals surface area contributed by atoms with Gasteiger partial charge in [0.15, 0.2) is 11.6 Å². The Morgan fingerprint density at radius 3 is 2.61 bits per heavy atom. The fraction of sp³-hybridized carbons (Fsp3) is 0.440. The lowest BCUT2D eigenvalue weighted by Crippen LogP contribution is -2.46. The minimum absolute atomic E-state index is 0.0221. The number of piperazine rings is 1. The Kier molecular flexibility index (Phi) is 6.67. The number of anilines is 1. The lowest BCUT2D eigenvalue weighted by molar-refractivity contribution is 0.0924. The molecule has 2 aliphatic heterocycles. The minimum Gasteiger partial charge on any atom is -0.379 e. The van der Waals surface area contributed by atoms with Crippen molar-refractivity contribution in [3.8, 4) is 0 Å². The van der Waals surface area contributed by atoms with E-state index in [0.29, 0.717) is 45.1 Å². The van der Waals surface area contributed by atoms with Gasteiger partial charge in [0.2, 0.25) is 0 Å². The van der Waals surface area contributed by atoms with Gasteiger partial charge in [-0.2, -0.15) is 0 Å². The molecule has 0 bridgehead atoms. The number of aryl methyl sites for hydroxylation is 2. The molecular weight excluding hydrogens is 470 g/mol. The summed E-state index contributed by atoms with van der Waals surface area (Å²) in [6.45, 7) is 7.32. The molecule has 1 amide bonds. The lowest BCUT2D eigenvalue weighted by Gasteiger charge is -2.36. The molecule has 36 heavy (non-hydrogen) atoms. The topological polar surface area (TPSA) is 103 Å². The SMILES string of the molecule is Cc1nc(C(=O)N[C@@H]2CCOC2)ccc1N1CCN(Cc2cc3[nH]c(=O)c(C)nc3c(F)c2F)CC1. The fourth-order valence-electron chi connectivity index (χ4n) is 4.73.